The summed E-state index contributed by atoms with van der Waals surface area (Å²) in [4.78, 5) is 2.54. The van der Waals surface area contributed by atoms with Gasteiger partial charge in [-0.05, 0) is 138 Å². The minimum absolute atomic E-state index is 0.480. The molecule has 0 saturated heterocycles. The molecule has 0 bridgehead atoms. The lowest BCUT2D eigenvalue weighted by molar-refractivity contribution is 0.748. The molecule has 12 aromatic rings. The highest BCUT2D eigenvalue weighted by atomic mass is 15.1. The Morgan fingerprint density at radius 1 is 0.271 bits per heavy atom. The number of fused-ring (bicyclic) bond motifs is 22. The standard InChI is InChI=1S/C68H42N2/c1-2-18-43(19-3-1)44-34-36-45(37-35-44)69(46-38-39-53-52-24-8-12-28-58(52)67(62(53)41-46)56-26-10-4-20-48(56)49-21-5-11-27-57(49)67)47-40-55-54-25-9-16-32-64(54)70-65-33-17-15-31-61(65)68(63(42-47)66(55)70)59-29-13-6-22-50(59)51-23-7-14-30-60(51)68/h1-42H. The van der Waals surface area contributed by atoms with Crippen molar-refractivity contribution < 1.29 is 0 Å². The summed E-state index contributed by atoms with van der Waals surface area (Å²) in [5.41, 5.74) is 26.8. The van der Waals surface area contributed by atoms with E-state index in [4.69, 9.17) is 0 Å². The van der Waals surface area contributed by atoms with Crippen molar-refractivity contribution in [2.45, 2.75) is 10.8 Å². The molecule has 16 rings (SSSR count). The number of para-hydroxylation sites is 2. The van der Waals surface area contributed by atoms with Crippen molar-refractivity contribution in [2.75, 3.05) is 4.90 Å². The van der Waals surface area contributed by atoms with Crippen LogP contribution in [0.4, 0.5) is 17.1 Å². The summed E-state index contributed by atoms with van der Waals surface area (Å²) in [5, 5.41) is 2.49. The molecule has 0 fully saturated rings. The number of nitrogens with zero attached hydrogens (tertiary/aromatic N) is 2. The van der Waals surface area contributed by atoms with Gasteiger partial charge in [-0.2, -0.15) is 0 Å². The predicted molar refractivity (Wildman–Crippen MR) is 288 cm³/mol. The van der Waals surface area contributed by atoms with Gasteiger partial charge >= 0.3 is 0 Å². The van der Waals surface area contributed by atoms with Gasteiger partial charge in [0.2, 0.25) is 0 Å². The Balaban J connectivity index is 1.02. The van der Waals surface area contributed by atoms with Crippen LogP contribution >= 0.6 is 0 Å². The fraction of sp³-hybridized carbons (Fsp3) is 0.0294. The summed E-state index contributed by atoms with van der Waals surface area (Å²) in [7, 11) is 0. The van der Waals surface area contributed by atoms with E-state index in [9.17, 15) is 0 Å². The minimum atomic E-state index is -0.577. The number of rotatable bonds is 4. The van der Waals surface area contributed by atoms with Crippen LogP contribution in [0.25, 0.3) is 72.0 Å². The number of benzene rings is 11. The van der Waals surface area contributed by atoms with Crippen LogP contribution in [0.1, 0.15) is 44.5 Å². The van der Waals surface area contributed by atoms with Crippen LogP contribution in [-0.4, -0.2) is 4.57 Å². The summed E-state index contributed by atoms with van der Waals surface area (Å²) >= 11 is 0. The lowest BCUT2D eigenvalue weighted by Gasteiger charge is -2.40. The third kappa shape index (κ3) is 4.64. The molecule has 2 nitrogen and oxygen atoms in total. The van der Waals surface area contributed by atoms with Crippen LogP contribution in [0.3, 0.4) is 0 Å². The third-order valence-corrected chi connectivity index (χ3v) is 16.4. The zero-order valence-corrected chi connectivity index (χ0v) is 38.1. The Bertz CT molecular complexity index is 4080. The SMILES string of the molecule is c1ccc(-c2ccc(N(c3ccc4c(c3)C3(c5ccccc5-c5ccccc53)c3ccccc3-4)c3cc4c5c(c3)c3ccccc3n5-c3ccccc3C43c4ccccc4-c4ccccc43)cc2)cc1. The summed E-state index contributed by atoms with van der Waals surface area (Å²) in [6, 6.07) is 96.1. The maximum atomic E-state index is 2.55. The molecule has 2 heteroatoms. The van der Waals surface area contributed by atoms with Crippen LogP contribution in [0.2, 0.25) is 0 Å². The fourth-order valence-electron chi connectivity index (χ4n) is 13.8. The molecule has 0 atom stereocenters. The van der Waals surface area contributed by atoms with Crippen LogP contribution in [0.5, 0.6) is 0 Å². The number of hydrogen-bond donors (Lipinski definition) is 0. The first kappa shape index (κ1) is 38.0. The molecular weight excluding hydrogens is 845 g/mol. The number of aromatic nitrogens is 1. The van der Waals surface area contributed by atoms with Crippen LogP contribution < -0.4 is 4.90 Å². The predicted octanol–water partition coefficient (Wildman–Crippen LogP) is 16.9. The van der Waals surface area contributed by atoms with Crippen LogP contribution in [0.15, 0.2) is 255 Å². The maximum Gasteiger partial charge on any atom is 0.0755 e. The molecule has 1 aromatic heterocycles. The third-order valence-electron chi connectivity index (χ3n) is 16.4. The molecule has 3 aliphatic carbocycles. The Kier molecular flexibility index (Phi) is 7.51. The van der Waals surface area contributed by atoms with Gasteiger partial charge in [-0.3, -0.25) is 0 Å². The molecular formula is C68H42N2. The number of hydrogen-bond acceptors (Lipinski definition) is 1. The van der Waals surface area contributed by atoms with E-state index in [1.807, 2.05) is 0 Å². The lowest BCUT2D eigenvalue weighted by Crippen LogP contribution is -2.33. The van der Waals surface area contributed by atoms with E-state index in [2.05, 4.69) is 264 Å². The Hall–Kier alpha value is -8.98. The summed E-state index contributed by atoms with van der Waals surface area (Å²) in [6.07, 6.45) is 0. The molecule has 0 N–H and O–H groups in total. The number of anilines is 3. The molecule has 2 spiro atoms. The van der Waals surface area contributed by atoms with Gasteiger partial charge in [-0.15, -0.1) is 0 Å². The molecule has 70 heavy (non-hydrogen) atoms. The Morgan fingerprint density at radius 3 is 1.29 bits per heavy atom. The molecule has 0 radical (unpaired) electrons. The Labute approximate surface area is 406 Å². The van der Waals surface area contributed by atoms with Gasteiger partial charge in [0.1, 0.15) is 0 Å². The highest BCUT2D eigenvalue weighted by Crippen LogP contribution is 2.65. The molecule has 2 heterocycles. The van der Waals surface area contributed by atoms with Gasteiger partial charge in [0, 0.05) is 27.8 Å². The average Bonchev–Trinajstić information content (AvgIpc) is 4.13. The zero-order chi connectivity index (χ0) is 45.7. The van der Waals surface area contributed by atoms with Crippen molar-refractivity contribution in [3.8, 4) is 50.2 Å². The van der Waals surface area contributed by atoms with E-state index in [0.29, 0.717) is 0 Å². The molecule has 324 valence electrons. The van der Waals surface area contributed by atoms with Gasteiger partial charge in [-0.25, -0.2) is 0 Å². The smallest absolute Gasteiger partial charge is 0.0755 e. The van der Waals surface area contributed by atoms with Crippen molar-refractivity contribution in [2.24, 2.45) is 0 Å². The van der Waals surface area contributed by atoms with E-state index < -0.39 is 10.8 Å². The summed E-state index contributed by atoms with van der Waals surface area (Å²) < 4.78 is 2.55. The van der Waals surface area contributed by atoms with Crippen molar-refractivity contribution in [1.29, 1.82) is 0 Å². The van der Waals surface area contributed by atoms with Gasteiger partial charge in [0.25, 0.3) is 0 Å². The van der Waals surface area contributed by atoms with Crippen molar-refractivity contribution in [3.63, 3.8) is 0 Å². The van der Waals surface area contributed by atoms with Crippen LogP contribution in [0, 0.1) is 0 Å². The molecule has 11 aromatic carbocycles. The maximum absolute atomic E-state index is 2.55. The highest BCUT2D eigenvalue weighted by molar-refractivity contribution is 6.14. The monoisotopic (exact) mass is 886 g/mol. The molecule has 4 aliphatic rings. The second-order valence-corrected chi connectivity index (χ2v) is 19.5. The first-order chi connectivity index (χ1) is 34.7. The first-order valence-electron chi connectivity index (χ1n) is 24.5. The molecule has 0 saturated carbocycles. The summed E-state index contributed by atoms with van der Waals surface area (Å²) in [5.74, 6) is 0. The van der Waals surface area contributed by atoms with Gasteiger partial charge in [-0.1, -0.05) is 206 Å². The van der Waals surface area contributed by atoms with Crippen LogP contribution in [-0.2, 0) is 10.8 Å². The first-order valence-corrected chi connectivity index (χ1v) is 24.5. The largest absolute Gasteiger partial charge is 0.310 e. The van der Waals surface area contributed by atoms with Crippen molar-refractivity contribution in [1.82, 2.24) is 4.57 Å². The minimum Gasteiger partial charge on any atom is -0.310 e. The quantitative estimate of drug-likeness (QED) is 0.171. The topological polar surface area (TPSA) is 8.17 Å². The molecule has 1 aliphatic heterocycles. The molecule has 0 unspecified atom stereocenters. The van der Waals surface area contributed by atoms with Crippen molar-refractivity contribution >= 4 is 38.9 Å². The normalized spacial score (nSPS) is 14.2. The fourth-order valence-corrected chi connectivity index (χ4v) is 13.8. The van der Waals surface area contributed by atoms with Gasteiger partial charge in [0.15, 0.2) is 0 Å². The van der Waals surface area contributed by atoms with Crippen molar-refractivity contribution in [3.05, 3.63) is 299 Å². The van der Waals surface area contributed by atoms with E-state index >= 15 is 0 Å². The van der Waals surface area contributed by atoms with E-state index in [-0.39, 0.29) is 0 Å². The van der Waals surface area contributed by atoms with E-state index in [1.54, 1.807) is 0 Å². The average molecular weight is 887 g/mol. The molecule has 0 amide bonds. The van der Waals surface area contributed by atoms with E-state index in [1.165, 1.54) is 117 Å². The second-order valence-electron chi connectivity index (χ2n) is 19.5. The Morgan fingerprint density at radius 2 is 0.700 bits per heavy atom. The summed E-state index contributed by atoms with van der Waals surface area (Å²) in [6.45, 7) is 0. The zero-order valence-electron chi connectivity index (χ0n) is 38.1. The highest BCUT2D eigenvalue weighted by Gasteiger charge is 2.53. The van der Waals surface area contributed by atoms with E-state index in [0.717, 1.165) is 17.1 Å². The van der Waals surface area contributed by atoms with Gasteiger partial charge < -0.3 is 9.47 Å². The van der Waals surface area contributed by atoms with Gasteiger partial charge in [0.05, 0.1) is 27.6 Å². The lowest BCUT2D eigenvalue weighted by atomic mass is 9.65. The second kappa shape index (κ2) is 13.8.